The standard InChI is InChI=1S/C18H18FN3O4/c1-26-16-10-12(2-7-15(16)23)11-20-22-18(25)9-8-17(24)21-14-5-3-13(19)4-6-14/h2-7,10-11,23H,8-9H2,1H3,(H,21,24)(H,22,25)/b20-11-. The summed E-state index contributed by atoms with van der Waals surface area (Å²) < 4.78 is 17.8. The molecule has 0 fully saturated rings. The van der Waals surface area contributed by atoms with E-state index in [-0.39, 0.29) is 30.2 Å². The SMILES string of the molecule is COc1cc(/C=N\NC(=O)CCC(=O)Nc2ccc(F)cc2)ccc1O. The van der Waals surface area contributed by atoms with Crippen molar-refractivity contribution in [1.29, 1.82) is 0 Å². The van der Waals surface area contributed by atoms with E-state index in [1.807, 2.05) is 0 Å². The zero-order chi connectivity index (χ0) is 18.9. The molecule has 2 aromatic carbocycles. The van der Waals surface area contributed by atoms with Crippen molar-refractivity contribution in [2.24, 2.45) is 5.10 Å². The van der Waals surface area contributed by atoms with Gasteiger partial charge in [0.1, 0.15) is 5.82 Å². The third-order valence-electron chi connectivity index (χ3n) is 3.31. The fourth-order valence-corrected chi connectivity index (χ4v) is 1.99. The monoisotopic (exact) mass is 359 g/mol. The average Bonchev–Trinajstić information content (AvgIpc) is 2.63. The number of hydrogen-bond donors (Lipinski definition) is 3. The Morgan fingerprint density at radius 2 is 1.85 bits per heavy atom. The second kappa shape index (κ2) is 9.16. The highest BCUT2D eigenvalue weighted by atomic mass is 19.1. The Morgan fingerprint density at radius 3 is 2.54 bits per heavy atom. The first-order valence-corrected chi connectivity index (χ1v) is 7.72. The highest BCUT2D eigenvalue weighted by molar-refractivity contribution is 5.93. The summed E-state index contributed by atoms with van der Waals surface area (Å²) in [5.74, 6) is -0.898. The Kier molecular flexibility index (Phi) is 6.67. The number of nitrogens with zero attached hydrogens (tertiary/aromatic N) is 1. The van der Waals surface area contributed by atoms with Crippen molar-refractivity contribution in [1.82, 2.24) is 5.43 Å². The molecule has 0 aromatic heterocycles. The molecule has 3 N–H and O–H groups in total. The van der Waals surface area contributed by atoms with E-state index in [9.17, 15) is 19.1 Å². The van der Waals surface area contributed by atoms with E-state index < -0.39 is 11.7 Å². The van der Waals surface area contributed by atoms with Crippen molar-refractivity contribution >= 4 is 23.7 Å². The topological polar surface area (TPSA) is 100 Å². The van der Waals surface area contributed by atoms with Crippen LogP contribution in [0.3, 0.4) is 0 Å². The van der Waals surface area contributed by atoms with Crippen LogP contribution in [0, 0.1) is 5.82 Å². The van der Waals surface area contributed by atoms with Crippen molar-refractivity contribution in [2.45, 2.75) is 12.8 Å². The zero-order valence-corrected chi connectivity index (χ0v) is 14.0. The van der Waals surface area contributed by atoms with Gasteiger partial charge in [-0.3, -0.25) is 9.59 Å². The third kappa shape index (κ3) is 5.90. The predicted molar refractivity (Wildman–Crippen MR) is 94.7 cm³/mol. The molecule has 0 aliphatic carbocycles. The number of amides is 2. The normalized spacial score (nSPS) is 10.5. The van der Waals surface area contributed by atoms with Crippen LogP contribution in [0.1, 0.15) is 18.4 Å². The smallest absolute Gasteiger partial charge is 0.240 e. The number of carbonyl (C=O) groups is 2. The first-order valence-electron chi connectivity index (χ1n) is 7.72. The molecular weight excluding hydrogens is 341 g/mol. The molecule has 0 aliphatic heterocycles. The molecule has 0 saturated heterocycles. The van der Waals surface area contributed by atoms with Crippen LogP contribution in [0.15, 0.2) is 47.6 Å². The maximum absolute atomic E-state index is 12.8. The Morgan fingerprint density at radius 1 is 1.15 bits per heavy atom. The average molecular weight is 359 g/mol. The fraction of sp³-hybridized carbons (Fsp3) is 0.167. The zero-order valence-electron chi connectivity index (χ0n) is 14.0. The van der Waals surface area contributed by atoms with E-state index in [2.05, 4.69) is 15.8 Å². The van der Waals surface area contributed by atoms with Gasteiger partial charge in [-0.15, -0.1) is 0 Å². The Balaban J connectivity index is 1.76. The number of hydrazone groups is 1. The first-order chi connectivity index (χ1) is 12.5. The molecule has 7 nitrogen and oxygen atoms in total. The summed E-state index contributed by atoms with van der Waals surface area (Å²) in [6.45, 7) is 0. The number of nitrogens with one attached hydrogen (secondary N) is 2. The van der Waals surface area contributed by atoms with Crippen LogP contribution in [0.2, 0.25) is 0 Å². The fourth-order valence-electron chi connectivity index (χ4n) is 1.99. The molecule has 136 valence electrons. The summed E-state index contributed by atoms with van der Waals surface area (Å²) in [5, 5.41) is 15.8. The summed E-state index contributed by atoms with van der Waals surface area (Å²) in [6, 6.07) is 9.93. The van der Waals surface area contributed by atoms with Crippen molar-refractivity contribution < 1.29 is 23.8 Å². The summed E-state index contributed by atoms with van der Waals surface area (Å²) >= 11 is 0. The minimum absolute atomic E-state index is 0.000789. The molecule has 0 unspecified atom stereocenters. The highest BCUT2D eigenvalue weighted by Gasteiger charge is 2.07. The predicted octanol–water partition coefficient (Wildman–Crippen LogP) is 2.41. The van der Waals surface area contributed by atoms with E-state index >= 15 is 0 Å². The van der Waals surface area contributed by atoms with Gasteiger partial charge in [0, 0.05) is 18.5 Å². The molecule has 8 heteroatoms. The van der Waals surface area contributed by atoms with Gasteiger partial charge in [-0.05, 0) is 48.0 Å². The molecule has 2 amide bonds. The number of carbonyl (C=O) groups excluding carboxylic acids is 2. The second-order valence-electron chi connectivity index (χ2n) is 5.28. The number of ether oxygens (including phenoxy) is 1. The lowest BCUT2D eigenvalue weighted by atomic mass is 10.2. The van der Waals surface area contributed by atoms with Crippen LogP contribution in [0.4, 0.5) is 10.1 Å². The summed E-state index contributed by atoms with van der Waals surface area (Å²) in [4.78, 5) is 23.4. The van der Waals surface area contributed by atoms with E-state index in [1.165, 1.54) is 43.7 Å². The minimum atomic E-state index is -0.429. The molecule has 0 bridgehead atoms. The summed E-state index contributed by atoms with van der Waals surface area (Å²) in [6.07, 6.45) is 1.30. The van der Waals surface area contributed by atoms with Crippen LogP contribution >= 0.6 is 0 Å². The van der Waals surface area contributed by atoms with Crippen LogP contribution in [0.5, 0.6) is 11.5 Å². The van der Waals surface area contributed by atoms with Gasteiger partial charge in [0.15, 0.2) is 11.5 Å². The molecule has 0 aliphatic rings. The van der Waals surface area contributed by atoms with Crippen molar-refractivity contribution in [3.8, 4) is 11.5 Å². The van der Waals surface area contributed by atoms with Gasteiger partial charge < -0.3 is 15.2 Å². The Hall–Kier alpha value is -3.42. The van der Waals surface area contributed by atoms with Crippen molar-refractivity contribution in [2.75, 3.05) is 12.4 Å². The lowest BCUT2D eigenvalue weighted by Gasteiger charge is -2.05. The molecule has 0 atom stereocenters. The van der Waals surface area contributed by atoms with Crippen molar-refractivity contribution in [3.05, 3.63) is 53.8 Å². The van der Waals surface area contributed by atoms with Crippen LogP contribution in [0.25, 0.3) is 0 Å². The Labute approximate surface area is 149 Å². The number of phenols is 1. The van der Waals surface area contributed by atoms with Gasteiger partial charge in [0.05, 0.1) is 13.3 Å². The van der Waals surface area contributed by atoms with Crippen LogP contribution < -0.4 is 15.5 Å². The van der Waals surface area contributed by atoms with Gasteiger partial charge in [-0.1, -0.05) is 0 Å². The van der Waals surface area contributed by atoms with Crippen LogP contribution in [-0.2, 0) is 9.59 Å². The molecule has 2 aromatic rings. The minimum Gasteiger partial charge on any atom is -0.504 e. The summed E-state index contributed by atoms with van der Waals surface area (Å²) in [5.41, 5.74) is 3.38. The molecular formula is C18H18FN3O4. The molecule has 26 heavy (non-hydrogen) atoms. The van der Waals surface area contributed by atoms with Crippen LogP contribution in [-0.4, -0.2) is 30.2 Å². The number of benzene rings is 2. The second-order valence-corrected chi connectivity index (χ2v) is 5.28. The summed E-state index contributed by atoms with van der Waals surface area (Å²) in [7, 11) is 1.43. The lowest BCUT2D eigenvalue weighted by Crippen LogP contribution is -2.20. The van der Waals surface area contributed by atoms with E-state index in [1.54, 1.807) is 12.1 Å². The number of rotatable bonds is 7. The lowest BCUT2D eigenvalue weighted by molar-refractivity contribution is -0.124. The molecule has 0 heterocycles. The number of phenolic OH excluding ortho intramolecular Hbond substituents is 1. The number of aromatic hydroxyl groups is 1. The number of halogens is 1. The number of hydrogen-bond acceptors (Lipinski definition) is 5. The maximum Gasteiger partial charge on any atom is 0.240 e. The van der Waals surface area contributed by atoms with E-state index in [0.717, 1.165) is 0 Å². The molecule has 0 spiro atoms. The van der Waals surface area contributed by atoms with Crippen molar-refractivity contribution in [3.63, 3.8) is 0 Å². The quantitative estimate of drug-likeness (QED) is 0.522. The van der Waals surface area contributed by atoms with Gasteiger partial charge in [-0.2, -0.15) is 5.10 Å². The van der Waals surface area contributed by atoms with Gasteiger partial charge in [0.25, 0.3) is 0 Å². The highest BCUT2D eigenvalue weighted by Crippen LogP contribution is 2.25. The third-order valence-corrected chi connectivity index (χ3v) is 3.31. The van der Waals surface area contributed by atoms with E-state index in [4.69, 9.17) is 4.74 Å². The van der Waals surface area contributed by atoms with Gasteiger partial charge in [-0.25, -0.2) is 9.82 Å². The number of methoxy groups -OCH3 is 1. The maximum atomic E-state index is 12.8. The largest absolute Gasteiger partial charge is 0.504 e. The molecule has 0 radical (unpaired) electrons. The van der Waals surface area contributed by atoms with Gasteiger partial charge >= 0.3 is 0 Å². The van der Waals surface area contributed by atoms with Gasteiger partial charge in [0.2, 0.25) is 11.8 Å². The van der Waals surface area contributed by atoms with E-state index in [0.29, 0.717) is 11.3 Å². The molecule has 2 rings (SSSR count). The Bertz CT molecular complexity index is 807. The first kappa shape index (κ1) is 18.9. The number of anilines is 1. The molecule has 0 saturated carbocycles.